The third kappa shape index (κ3) is 1.55. The molecule has 12 heavy (non-hydrogen) atoms. The lowest BCUT2D eigenvalue weighted by molar-refractivity contribution is 0.223. The molecule has 0 aromatic rings. The molecule has 0 aromatic heterocycles. The van der Waals surface area contributed by atoms with Gasteiger partial charge in [0.05, 0.1) is 0 Å². The van der Waals surface area contributed by atoms with Gasteiger partial charge in [-0.05, 0) is 25.9 Å². The summed E-state index contributed by atoms with van der Waals surface area (Å²) in [6.07, 6.45) is 7.39. The van der Waals surface area contributed by atoms with E-state index in [-0.39, 0.29) is 0 Å². The van der Waals surface area contributed by atoms with E-state index >= 15 is 0 Å². The average molecular weight is 167 g/mol. The van der Waals surface area contributed by atoms with Gasteiger partial charge in [-0.2, -0.15) is 0 Å². The Labute approximate surface area is 74.0 Å². The Morgan fingerprint density at radius 1 is 1.42 bits per heavy atom. The average Bonchev–Trinajstić information content (AvgIpc) is 2.65. The van der Waals surface area contributed by atoms with Gasteiger partial charge >= 0.3 is 0 Å². The van der Waals surface area contributed by atoms with E-state index in [4.69, 9.17) is 0 Å². The van der Waals surface area contributed by atoms with Gasteiger partial charge in [0, 0.05) is 26.0 Å². The van der Waals surface area contributed by atoms with Crippen molar-refractivity contribution in [1.29, 1.82) is 0 Å². The Morgan fingerprint density at radius 2 is 2.17 bits per heavy atom. The lowest BCUT2D eigenvalue weighted by Crippen LogP contribution is -2.42. The molecule has 1 fully saturated rings. The third-order valence-electron chi connectivity index (χ3n) is 2.72. The molecule has 1 saturated heterocycles. The van der Waals surface area contributed by atoms with Crippen molar-refractivity contribution in [3.8, 4) is 0 Å². The molecule has 2 aliphatic heterocycles. The summed E-state index contributed by atoms with van der Waals surface area (Å²) < 4.78 is 0. The predicted octanol–water partition coefficient (Wildman–Crippen LogP) is 0.414. The Hall–Kier alpha value is -0.700. The van der Waals surface area contributed by atoms with Crippen LogP contribution in [0, 0.1) is 0 Å². The maximum absolute atomic E-state index is 3.34. The second-order valence-electron chi connectivity index (χ2n) is 3.67. The summed E-state index contributed by atoms with van der Waals surface area (Å²) in [5.74, 6) is 0. The minimum atomic E-state index is 0.503. The van der Waals surface area contributed by atoms with E-state index in [1.807, 2.05) is 6.20 Å². The zero-order chi connectivity index (χ0) is 8.39. The van der Waals surface area contributed by atoms with E-state index in [2.05, 4.69) is 28.4 Å². The number of likely N-dealkylation sites (tertiary alicyclic amines) is 1. The summed E-state index contributed by atoms with van der Waals surface area (Å²) in [7, 11) is 2.12. The molecule has 3 nitrogen and oxygen atoms in total. The van der Waals surface area contributed by atoms with Crippen molar-refractivity contribution >= 4 is 0 Å². The minimum Gasteiger partial charge on any atom is -0.369 e. The second kappa shape index (κ2) is 3.35. The molecular weight excluding hydrogens is 150 g/mol. The van der Waals surface area contributed by atoms with Gasteiger partial charge in [-0.15, -0.1) is 0 Å². The van der Waals surface area contributed by atoms with Crippen LogP contribution in [0.25, 0.3) is 0 Å². The Kier molecular flexibility index (Phi) is 2.21. The zero-order valence-corrected chi connectivity index (χ0v) is 7.66. The van der Waals surface area contributed by atoms with Crippen molar-refractivity contribution in [2.24, 2.45) is 0 Å². The van der Waals surface area contributed by atoms with Crippen molar-refractivity contribution in [2.75, 3.05) is 26.7 Å². The fourth-order valence-electron chi connectivity index (χ4n) is 1.88. The van der Waals surface area contributed by atoms with Crippen molar-refractivity contribution in [2.45, 2.75) is 19.0 Å². The normalized spacial score (nSPS) is 29.8. The molecule has 0 spiro atoms. The molecule has 1 atom stereocenters. The maximum Gasteiger partial charge on any atom is 0.111 e. The molecule has 1 unspecified atom stereocenters. The van der Waals surface area contributed by atoms with E-state index in [1.165, 1.54) is 25.9 Å². The number of nitrogens with zero attached hydrogens (tertiary/aromatic N) is 2. The number of likely N-dealkylation sites (N-methyl/N-ethyl adjacent to an activating group) is 1. The van der Waals surface area contributed by atoms with Crippen LogP contribution in [0.3, 0.4) is 0 Å². The number of hydrogen-bond donors (Lipinski definition) is 1. The first-order valence-electron chi connectivity index (χ1n) is 4.73. The second-order valence-corrected chi connectivity index (χ2v) is 3.67. The Morgan fingerprint density at radius 3 is 2.75 bits per heavy atom. The fourth-order valence-corrected chi connectivity index (χ4v) is 1.88. The molecule has 68 valence electrons. The standard InChI is InChI=1S/C9H17N3/c1-11-7-4-10-9(11)8-12-5-2-3-6-12/h4,7,9-10H,2-3,5-6,8H2,1H3. The molecule has 2 heterocycles. The van der Waals surface area contributed by atoms with Crippen LogP contribution in [-0.4, -0.2) is 42.6 Å². The van der Waals surface area contributed by atoms with Crippen LogP contribution in [0.1, 0.15) is 12.8 Å². The third-order valence-corrected chi connectivity index (χ3v) is 2.72. The first kappa shape index (κ1) is 7.92. The summed E-state index contributed by atoms with van der Waals surface area (Å²) >= 11 is 0. The van der Waals surface area contributed by atoms with E-state index < -0.39 is 0 Å². The van der Waals surface area contributed by atoms with E-state index in [0.29, 0.717) is 6.17 Å². The molecule has 0 aromatic carbocycles. The Bertz CT molecular complexity index is 173. The monoisotopic (exact) mass is 167 g/mol. The zero-order valence-electron chi connectivity index (χ0n) is 7.66. The minimum absolute atomic E-state index is 0.503. The lowest BCUT2D eigenvalue weighted by atomic mass is 10.4. The van der Waals surface area contributed by atoms with Gasteiger partial charge in [-0.25, -0.2) is 0 Å². The van der Waals surface area contributed by atoms with Crippen molar-refractivity contribution in [1.82, 2.24) is 15.1 Å². The van der Waals surface area contributed by atoms with Crippen molar-refractivity contribution in [3.05, 3.63) is 12.4 Å². The van der Waals surface area contributed by atoms with Crippen LogP contribution in [0.15, 0.2) is 12.4 Å². The summed E-state index contributed by atoms with van der Waals surface area (Å²) in [4.78, 5) is 4.76. The van der Waals surface area contributed by atoms with Gasteiger partial charge in [-0.1, -0.05) is 0 Å². The summed E-state index contributed by atoms with van der Waals surface area (Å²) in [6.45, 7) is 3.72. The number of hydrogen-bond acceptors (Lipinski definition) is 3. The quantitative estimate of drug-likeness (QED) is 0.643. The SMILES string of the molecule is CN1C=CNC1CN1CCCC1. The van der Waals surface area contributed by atoms with Crippen LogP contribution in [0.5, 0.6) is 0 Å². The fraction of sp³-hybridized carbons (Fsp3) is 0.778. The van der Waals surface area contributed by atoms with Crippen molar-refractivity contribution in [3.63, 3.8) is 0 Å². The smallest absolute Gasteiger partial charge is 0.111 e. The van der Waals surface area contributed by atoms with E-state index in [0.717, 1.165) is 6.54 Å². The summed E-state index contributed by atoms with van der Waals surface area (Å²) in [5, 5.41) is 3.34. The molecule has 1 N–H and O–H groups in total. The summed E-state index contributed by atoms with van der Waals surface area (Å²) in [6, 6.07) is 0. The number of nitrogens with one attached hydrogen (secondary N) is 1. The molecule has 2 rings (SSSR count). The van der Waals surface area contributed by atoms with Crippen LogP contribution in [0.2, 0.25) is 0 Å². The number of rotatable bonds is 2. The van der Waals surface area contributed by atoms with E-state index in [1.54, 1.807) is 0 Å². The lowest BCUT2D eigenvalue weighted by Gasteiger charge is -2.26. The molecule has 0 bridgehead atoms. The highest BCUT2D eigenvalue weighted by Crippen LogP contribution is 2.10. The van der Waals surface area contributed by atoms with E-state index in [9.17, 15) is 0 Å². The van der Waals surface area contributed by atoms with Gasteiger partial charge in [-0.3, -0.25) is 4.90 Å². The van der Waals surface area contributed by atoms with Gasteiger partial charge < -0.3 is 10.2 Å². The highest BCUT2D eigenvalue weighted by atomic mass is 15.3. The largest absolute Gasteiger partial charge is 0.369 e. The maximum atomic E-state index is 3.34. The first-order chi connectivity index (χ1) is 5.86. The first-order valence-corrected chi connectivity index (χ1v) is 4.73. The molecule has 3 heteroatoms. The highest BCUT2D eigenvalue weighted by molar-refractivity contribution is 4.93. The van der Waals surface area contributed by atoms with Crippen LogP contribution >= 0.6 is 0 Å². The van der Waals surface area contributed by atoms with Crippen LogP contribution < -0.4 is 5.32 Å². The molecule has 0 amide bonds. The van der Waals surface area contributed by atoms with Crippen molar-refractivity contribution < 1.29 is 0 Å². The Balaban J connectivity index is 1.79. The van der Waals surface area contributed by atoms with Gasteiger partial charge in [0.1, 0.15) is 6.17 Å². The van der Waals surface area contributed by atoms with Gasteiger partial charge in [0.25, 0.3) is 0 Å². The van der Waals surface area contributed by atoms with Crippen LogP contribution in [0.4, 0.5) is 0 Å². The molecule has 2 aliphatic rings. The molecular formula is C9H17N3. The predicted molar refractivity (Wildman–Crippen MR) is 49.5 cm³/mol. The molecule has 0 aliphatic carbocycles. The summed E-state index contributed by atoms with van der Waals surface area (Å²) in [5.41, 5.74) is 0. The van der Waals surface area contributed by atoms with Gasteiger partial charge in [0.2, 0.25) is 0 Å². The molecule has 0 saturated carbocycles. The van der Waals surface area contributed by atoms with Crippen LogP contribution in [-0.2, 0) is 0 Å². The van der Waals surface area contributed by atoms with Gasteiger partial charge in [0.15, 0.2) is 0 Å². The highest BCUT2D eigenvalue weighted by Gasteiger charge is 2.20. The topological polar surface area (TPSA) is 18.5 Å². The molecule has 0 radical (unpaired) electrons.